The highest BCUT2D eigenvalue weighted by Gasteiger charge is 2.37. The van der Waals surface area contributed by atoms with Gasteiger partial charge >= 0.3 is 20.6 Å². The van der Waals surface area contributed by atoms with Crippen molar-refractivity contribution in [1.29, 1.82) is 0 Å². The second-order valence-corrected chi connectivity index (χ2v) is 5.16. The van der Waals surface area contributed by atoms with Gasteiger partial charge in [0.1, 0.15) is 0 Å². The van der Waals surface area contributed by atoms with Crippen LogP contribution in [0, 0.1) is 0 Å². The Balaban J connectivity index is 3.09. The van der Waals surface area contributed by atoms with E-state index >= 15 is 0 Å². The van der Waals surface area contributed by atoms with Gasteiger partial charge in [-0.3, -0.25) is 9.59 Å². The van der Waals surface area contributed by atoms with Gasteiger partial charge in [-0.15, -0.1) is 0 Å². The Kier molecular flexibility index (Phi) is 2.63. The van der Waals surface area contributed by atoms with Crippen molar-refractivity contribution in [3.8, 4) is 0 Å². The molecule has 1 rings (SSSR count). The van der Waals surface area contributed by atoms with Crippen LogP contribution in [0.25, 0.3) is 0 Å². The Labute approximate surface area is 83.9 Å². The van der Waals surface area contributed by atoms with Crippen LogP contribution in [-0.2, 0) is 30.2 Å². The summed E-state index contributed by atoms with van der Waals surface area (Å²) in [4.78, 5) is 21.6. The van der Waals surface area contributed by atoms with Crippen molar-refractivity contribution in [3.63, 3.8) is 0 Å². The lowest BCUT2D eigenvalue weighted by atomic mass is 10.6. The molecule has 84 valence electrons. The largest absolute Gasteiger partial charge is 0.386 e. The number of nitrogens with zero attached hydrogens (tertiary/aromatic N) is 1. The predicted molar refractivity (Wildman–Crippen MR) is 43.1 cm³/mol. The lowest BCUT2D eigenvalue weighted by molar-refractivity contribution is -0.130. The molecule has 0 aromatic heterocycles. The molecule has 0 aromatic carbocycles. The lowest BCUT2D eigenvalue weighted by Crippen LogP contribution is -2.45. The van der Waals surface area contributed by atoms with E-state index in [-0.39, 0.29) is 0 Å². The highest BCUT2D eigenvalue weighted by atomic mass is 32.3. The van der Waals surface area contributed by atoms with E-state index in [0.29, 0.717) is 16.3 Å². The summed E-state index contributed by atoms with van der Waals surface area (Å²) in [5.41, 5.74) is 0. The Morgan fingerprint density at radius 1 is 1.07 bits per heavy atom. The molecular formula is C4H3FN2O6S2. The minimum Gasteiger partial charge on any atom is -0.268 e. The molecular weight excluding hydrogens is 255 g/mol. The van der Waals surface area contributed by atoms with E-state index in [0.717, 1.165) is 0 Å². The van der Waals surface area contributed by atoms with Crippen molar-refractivity contribution in [2.24, 2.45) is 0 Å². The third-order valence-corrected chi connectivity index (χ3v) is 3.69. The van der Waals surface area contributed by atoms with E-state index < -0.39 is 36.7 Å². The molecule has 0 saturated heterocycles. The maximum absolute atomic E-state index is 12.0. The fraction of sp³-hybridized carbons (Fsp3) is 0. The van der Waals surface area contributed by atoms with E-state index in [4.69, 9.17) is 0 Å². The molecule has 1 N–H and O–H groups in total. The van der Waals surface area contributed by atoms with Gasteiger partial charge in [-0.05, 0) is 0 Å². The van der Waals surface area contributed by atoms with Gasteiger partial charge in [0.25, 0.3) is 11.8 Å². The molecule has 0 bridgehead atoms. The Hall–Kier alpha value is -1.33. The first kappa shape index (κ1) is 11.7. The quantitative estimate of drug-likeness (QED) is 0.460. The first-order chi connectivity index (χ1) is 6.63. The van der Waals surface area contributed by atoms with Crippen molar-refractivity contribution in [1.82, 2.24) is 8.43 Å². The monoisotopic (exact) mass is 258 g/mol. The summed E-state index contributed by atoms with van der Waals surface area (Å²) in [5, 5.41) is 0. The number of hydrogen-bond donors (Lipinski definition) is 1. The Morgan fingerprint density at radius 2 is 1.47 bits per heavy atom. The fourth-order valence-electron chi connectivity index (χ4n) is 0.787. The molecule has 1 aliphatic heterocycles. The summed E-state index contributed by atoms with van der Waals surface area (Å²) < 4.78 is 54.1. The van der Waals surface area contributed by atoms with Crippen LogP contribution in [0.2, 0.25) is 0 Å². The molecule has 0 spiro atoms. The second-order valence-electron chi connectivity index (χ2n) is 2.30. The van der Waals surface area contributed by atoms with Gasteiger partial charge in [-0.25, -0.2) is 0 Å². The van der Waals surface area contributed by atoms with Crippen LogP contribution in [0.15, 0.2) is 12.2 Å². The van der Waals surface area contributed by atoms with Crippen LogP contribution in [0.4, 0.5) is 3.89 Å². The van der Waals surface area contributed by atoms with E-state index in [2.05, 4.69) is 0 Å². The predicted octanol–water partition coefficient (Wildman–Crippen LogP) is -2.04. The third-order valence-electron chi connectivity index (χ3n) is 1.21. The van der Waals surface area contributed by atoms with Gasteiger partial charge in [-0.2, -0.15) is 21.1 Å². The van der Waals surface area contributed by atoms with Crippen molar-refractivity contribution < 1.29 is 30.3 Å². The maximum atomic E-state index is 12.0. The summed E-state index contributed by atoms with van der Waals surface area (Å²) in [7, 11) is -10.6. The molecule has 1 heterocycles. The SMILES string of the molecule is O=C1C=CC(=O)N1S(=O)(=O)NS(=O)(=O)F. The highest BCUT2D eigenvalue weighted by molar-refractivity contribution is 8.01. The molecule has 15 heavy (non-hydrogen) atoms. The average molecular weight is 258 g/mol. The zero-order chi connectivity index (χ0) is 11.9. The molecule has 11 heteroatoms. The highest BCUT2D eigenvalue weighted by Crippen LogP contribution is 2.09. The fourth-order valence-corrected chi connectivity index (χ4v) is 2.69. The van der Waals surface area contributed by atoms with Crippen molar-refractivity contribution >= 4 is 32.4 Å². The molecule has 2 amide bonds. The lowest BCUT2D eigenvalue weighted by Gasteiger charge is -2.12. The third kappa shape index (κ3) is 2.57. The van der Waals surface area contributed by atoms with E-state index in [1.807, 2.05) is 0 Å². The molecule has 0 aromatic rings. The summed E-state index contributed by atoms with van der Waals surface area (Å²) in [6, 6.07) is 0. The first-order valence-electron chi connectivity index (χ1n) is 3.18. The van der Waals surface area contributed by atoms with Crippen LogP contribution in [-0.4, -0.2) is 33.0 Å². The van der Waals surface area contributed by atoms with E-state index in [9.17, 15) is 30.3 Å². The number of carbonyl (C=O) groups is 2. The molecule has 1 aliphatic rings. The van der Waals surface area contributed by atoms with Crippen molar-refractivity contribution in [2.75, 3.05) is 0 Å². The minimum atomic E-state index is -5.58. The molecule has 0 unspecified atom stereocenters. The van der Waals surface area contributed by atoms with Crippen LogP contribution in [0.1, 0.15) is 0 Å². The standard InChI is InChI=1S/C4H3FN2O6S2/c5-14(10,11)6-15(12,13)7-3(8)1-2-4(7)9/h1-2,6H. The smallest absolute Gasteiger partial charge is 0.268 e. The number of hydrogen-bond acceptors (Lipinski definition) is 6. The molecule has 0 aliphatic carbocycles. The van der Waals surface area contributed by atoms with Gasteiger partial charge in [0.05, 0.1) is 0 Å². The maximum Gasteiger partial charge on any atom is 0.386 e. The minimum absolute atomic E-state index is 0.413. The molecule has 8 nitrogen and oxygen atoms in total. The molecule has 0 fully saturated rings. The summed E-state index contributed by atoms with van der Waals surface area (Å²) in [5.74, 6) is -2.56. The van der Waals surface area contributed by atoms with Gasteiger partial charge in [0.15, 0.2) is 0 Å². The van der Waals surface area contributed by atoms with Crippen LogP contribution >= 0.6 is 0 Å². The van der Waals surface area contributed by atoms with E-state index in [1.165, 1.54) is 0 Å². The number of halogens is 1. The second kappa shape index (κ2) is 3.36. The van der Waals surface area contributed by atoms with Gasteiger partial charge in [-0.1, -0.05) is 8.01 Å². The molecule has 0 atom stereocenters. The number of amides is 2. The normalized spacial score (nSPS) is 17.5. The molecule has 0 radical (unpaired) electrons. The Bertz CT molecular complexity index is 528. The summed E-state index contributed by atoms with van der Waals surface area (Å²) >= 11 is 0. The zero-order valence-electron chi connectivity index (χ0n) is 6.75. The summed E-state index contributed by atoms with van der Waals surface area (Å²) in [6.45, 7) is 0. The van der Waals surface area contributed by atoms with E-state index in [1.54, 1.807) is 0 Å². The van der Waals surface area contributed by atoms with Crippen molar-refractivity contribution in [3.05, 3.63) is 12.2 Å². The van der Waals surface area contributed by atoms with Crippen LogP contribution in [0.5, 0.6) is 0 Å². The van der Waals surface area contributed by atoms with Crippen LogP contribution < -0.4 is 4.13 Å². The van der Waals surface area contributed by atoms with Gasteiger partial charge in [0, 0.05) is 12.2 Å². The summed E-state index contributed by atoms with van der Waals surface area (Å²) in [6.07, 6.45) is 1.21. The number of nitrogens with one attached hydrogen (secondary N) is 1. The first-order valence-corrected chi connectivity index (χ1v) is 6.00. The number of carbonyl (C=O) groups excluding carboxylic acids is 2. The Morgan fingerprint density at radius 3 is 1.80 bits per heavy atom. The zero-order valence-corrected chi connectivity index (χ0v) is 8.38. The average Bonchev–Trinajstić information content (AvgIpc) is 2.25. The van der Waals surface area contributed by atoms with Gasteiger partial charge in [0.2, 0.25) is 0 Å². The number of imide groups is 1. The number of rotatable bonds is 3. The van der Waals surface area contributed by atoms with Gasteiger partial charge < -0.3 is 0 Å². The van der Waals surface area contributed by atoms with Crippen molar-refractivity contribution in [2.45, 2.75) is 0 Å². The molecule has 0 saturated carbocycles. The van der Waals surface area contributed by atoms with Crippen LogP contribution in [0.3, 0.4) is 0 Å². The topological polar surface area (TPSA) is 118 Å².